The SMILES string of the molecule is CN1CCN(C(N)c2ccc3c(n2)-c2sc(-c4ncnn4-c4ccc(F)cc4F)cc2CCO3)CC1. The zero-order valence-electron chi connectivity index (χ0n) is 19.7. The van der Waals surface area contributed by atoms with Crippen LogP contribution in [0.5, 0.6) is 5.75 Å². The summed E-state index contributed by atoms with van der Waals surface area (Å²) in [5.74, 6) is -0.161. The normalized spacial score (nSPS) is 17.2. The second-order valence-corrected chi connectivity index (χ2v) is 10.1. The van der Waals surface area contributed by atoms with Crippen LogP contribution in [0.1, 0.15) is 17.4 Å². The van der Waals surface area contributed by atoms with Crippen LogP contribution in [0.2, 0.25) is 0 Å². The standard InChI is InChI=1S/C25H25F2N7OS/c1-32-7-9-33(10-8-32)24(28)18-3-5-20-22(31-18)23-15(6-11-35-20)12-21(36-23)25-29-14-30-34(25)19-4-2-16(26)13-17(19)27/h2-5,12-14,24H,6-11,28H2,1H3. The fraction of sp³-hybridized carbons (Fsp3) is 0.320. The van der Waals surface area contributed by atoms with Crippen molar-refractivity contribution in [3.8, 4) is 32.7 Å². The molecule has 1 unspecified atom stereocenters. The number of hydrogen-bond acceptors (Lipinski definition) is 8. The van der Waals surface area contributed by atoms with Gasteiger partial charge >= 0.3 is 0 Å². The molecule has 0 bridgehead atoms. The number of halogens is 2. The number of aromatic nitrogens is 4. The Hall–Kier alpha value is -3.25. The average molecular weight is 510 g/mol. The summed E-state index contributed by atoms with van der Waals surface area (Å²) in [6, 6.07) is 9.31. The molecule has 2 aliphatic rings. The van der Waals surface area contributed by atoms with E-state index in [2.05, 4.69) is 26.9 Å². The fourth-order valence-corrected chi connectivity index (χ4v) is 5.81. The Morgan fingerprint density at radius 1 is 1.08 bits per heavy atom. The van der Waals surface area contributed by atoms with E-state index < -0.39 is 11.6 Å². The van der Waals surface area contributed by atoms with E-state index in [0.29, 0.717) is 24.6 Å². The first-order chi connectivity index (χ1) is 17.5. The third-order valence-corrected chi connectivity index (χ3v) is 7.85. The Kier molecular flexibility index (Phi) is 6.00. The molecule has 6 rings (SSSR count). The molecule has 8 nitrogen and oxygen atoms in total. The molecule has 1 atom stereocenters. The highest BCUT2D eigenvalue weighted by Gasteiger charge is 2.26. The Labute approximate surface area is 211 Å². The quantitative estimate of drug-likeness (QED) is 0.451. The van der Waals surface area contributed by atoms with Crippen LogP contribution in [0, 0.1) is 11.6 Å². The number of rotatable bonds is 4. The van der Waals surface area contributed by atoms with Gasteiger partial charge in [-0.3, -0.25) is 4.90 Å². The molecule has 1 fully saturated rings. The topological polar surface area (TPSA) is 85.3 Å². The zero-order valence-corrected chi connectivity index (χ0v) is 20.5. The summed E-state index contributed by atoms with van der Waals surface area (Å²) in [7, 11) is 2.11. The van der Waals surface area contributed by atoms with E-state index in [4.69, 9.17) is 15.5 Å². The highest BCUT2D eigenvalue weighted by molar-refractivity contribution is 7.19. The van der Waals surface area contributed by atoms with Gasteiger partial charge in [0.1, 0.15) is 35.4 Å². The lowest BCUT2D eigenvalue weighted by Crippen LogP contribution is -2.48. The van der Waals surface area contributed by atoms with Crippen molar-refractivity contribution >= 4 is 11.3 Å². The van der Waals surface area contributed by atoms with E-state index in [1.807, 2.05) is 18.2 Å². The highest BCUT2D eigenvalue weighted by atomic mass is 32.1. The lowest BCUT2D eigenvalue weighted by molar-refractivity contribution is 0.112. The summed E-state index contributed by atoms with van der Waals surface area (Å²) in [4.78, 5) is 15.7. The van der Waals surface area contributed by atoms with Gasteiger partial charge in [0.05, 0.1) is 22.1 Å². The first kappa shape index (κ1) is 23.2. The van der Waals surface area contributed by atoms with Crippen molar-refractivity contribution < 1.29 is 13.5 Å². The maximum atomic E-state index is 14.5. The van der Waals surface area contributed by atoms with Crippen molar-refractivity contribution in [3.63, 3.8) is 0 Å². The maximum absolute atomic E-state index is 14.5. The van der Waals surface area contributed by atoms with Gasteiger partial charge in [-0.15, -0.1) is 11.3 Å². The molecule has 0 spiro atoms. The van der Waals surface area contributed by atoms with Crippen LogP contribution < -0.4 is 10.5 Å². The van der Waals surface area contributed by atoms with E-state index >= 15 is 0 Å². The van der Waals surface area contributed by atoms with Gasteiger partial charge in [-0.1, -0.05) is 0 Å². The number of thiophene rings is 1. The van der Waals surface area contributed by atoms with Crippen molar-refractivity contribution in [2.45, 2.75) is 12.6 Å². The molecule has 5 heterocycles. The van der Waals surface area contributed by atoms with E-state index in [1.54, 1.807) is 0 Å². The molecule has 0 saturated carbocycles. The number of piperazine rings is 1. The van der Waals surface area contributed by atoms with Gasteiger partial charge in [0.2, 0.25) is 0 Å². The minimum absolute atomic E-state index is 0.134. The Morgan fingerprint density at radius 2 is 1.92 bits per heavy atom. The van der Waals surface area contributed by atoms with Gasteiger partial charge in [0, 0.05) is 38.7 Å². The lowest BCUT2D eigenvalue weighted by Gasteiger charge is -2.36. The fourth-order valence-electron chi connectivity index (χ4n) is 4.63. The van der Waals surface area contributed by atoms with Gasteiger partial charge in [0.15, 0.2) is 11.6 Å². The molecule has 3 aromatic heterocycles. The maximum Gasteiger partial charge on any atom is 0.173 e. The monoisotopic (exact) mass is 509 g/mol. The van der Waals surface area contributed by atoms with E-state index in [0.717, 1.165) is 59.0 Å². The van der Waals surface area contributed by atoms with Crippen LogP contribution in [0.3, 0.4) is 0 Å². The summed E-state index contributed by atoms with van der Waals surface area (Å²) in [5, 5.41) is 4.20. The van der Waals surface area contributed by atoms with Crippen LogP contribution in [0.25, 0.3) is 27.0 Å². The van der Waals surface area contributed by atoms with Gasteiger partial charge < -0.3 is 15.4 Å². The van der Waals surface area contributed by atoms with Crippen molar-refractivity contribution in [1.82, 2.24) is 29.5 Å². The molecule has 0 radical (unpaired) electrons. The molecule has 1 saturated heterocycles. The molecule has 186 valence electrons. The van der Waals surface area contributed by atoms with E-state index in [9.17, 15) is 8.78 Å². The van der Waals surface area contributed by atoms with Crippen molar-refractivity contribution in [2.24, 2.45) is 5.73 Å². The zero-order chi connectivity index (χ0) is 24.8. The Bertz CT molecular complexity index is 1410. The van der Waals surface area contributed by atoms with Crippen molar-refractivity contribution in [2.75, 3.05) is 39.8 Å². The molecule has 36 heavy (non-hydrogen) atoms. The number of fused-ring (bicyclic) bond motifs is 3. The molecule has 0 amide bonds. The van der Waals surface area contributed by atoms with Gasteiger partial charge in [-0.25, -0.2) is 23.4 Å². The summed E-state index contributed by atoms with van der Waals surface area (Å²) in [5.41, 5.74) is 9.37. The average Bonchev–Trinajstić information content (AvgIpc) is 3.48. The predicted molar refractivity (Wildman–Crippen MR) is 133 cm³/mol. The summed E-state index contributed by atoms with van der Waals surface area (Å²) >= 11 is 1.50. The summed E-state index contributed by atoms with van der Waals surface area (Å²) < 4.78 is 35.4. The van der Waals surface area contributed by atoms with Crippen molar-refractivity contribution in [1.29, 1.82) is 0 Å². The molecule has 2 N–H and O–H groups in total. The van der Waals surface area contributed by atoms with Crippen LogP contribution in [-0.4, -0.2) is 69.4 Å². The minimum atomic E-state index is -0.706. The minimum Gasteiger partial charge on any atom is -0.491 e. The molecule has 2 aliphatic heterocycles. The Balaban J connectivity index is 1.38. The molecular weight excluding hydrogens is 484 g/mol. The number of ether oxygens (including phenoxy) is 1. The van der Waals surface area contributed by atoms with Crippen LogP contribution in [0.4, 0.5) is 8.78 Å². The molecular formula is C25H25F2N7OS. The van der Waals surface area contributed by atoms with Crippen LogP contribution in [0.15, 0.2) is 42.7 Å². The van der Waals surface area contributed by atoms with Gasteiger partial charge in [-0.05, 0) is 42.9 Å². The molecule has 0 aliphatic carbocycles. The lowest BCUT2D eigenvalue weighted by atomic mass is 10.1. The van der Waals surface area contributed by atoms with E-state index in [1.165, 1.54) is 34.5 Å². The van der Waals surface area contributed by atoms with Crippen LogP contribution >= 0.6 is 11.3 Å². The van der Waals surface area contributed by atoms with E-state index in [-0.39, 0.29) is 11.9 Å². The predicted octanol–water partition coefficient (Wildman–Crippen LogP) is 3.48. The number of pyridine rings is 1. The Morgan fingerprint density at radius 3 is 2.72 bits per heavy atom. The number of hydrogen-bond donors (Lipinski definition) is 1. The van der Waals surface area contributed by atoms with Crippen molar-refractivity contribution in [3.05, 3.63) is 65.6 Å². The highest BCUT2D eigenvalue weighted by Crippen LogP contribution is 2.43. The number of nitrogens with zero attached hydrogens (tertiary/aromatic N) is 6. The summed E-state index contributed by atoms with van der Waals surface area (Å²) in [6.45, 7) is 4.22. The molecule has 11 heteroatoms. The second-order valence-electron chi connectivity index (χ2n) is 9.02. The second kappa shape index (κ2) is 9.32. The van der Waals surface area contributed by atoms with Crippen LogP contribution in [-0.2, 0) is 6.42 Å². The van der Waals surface area contributed by atoms with Gasteiger partial charge in [-0.2, -0.15) is 5.10 Å². The summed E-state index contributed by atoms with van der Waals surface area (Å²) in [6.07, 6.45) is 1.76. The first-order valence-corrected chi connectivity index (χ1v) is 12.6. The largest absolute Gasteiger partial charge is 0.491 e. The molecule has 1 aromatic carbocycles. The van der Waals surface area contributed by atoms with Gasteiger partial charge in [0.25, 0.3) is 0 Å². The third-order valence-electron chi connectivity index (χ3n) is 6.67. The molecule has 4 aromatic rings. The number of nitrogens with two attached hydrogens (primary N) is 1. The smallest absolute Gasteiger partial charge is 0.173 e. The third kappa shape index (κ3) is 4.17. The number of likely N-dealkylation sites (N-methyl/N-ethyl adjacent to an activating group) is 1. The first-order valence-electron chi connectivity index (χ1n) is 11.8. The number of benzene rings is 1.